The predicted molar refractivity (Wildman–Crippen MR) is 94.3 cm³/mol. The number of nitro benzene ring substituents is 1. The van der Waals surface area contributed by atoms with Gasteiger partial charge in [0.2, 0.25) is 0 Å². The number of nitrogens with one attached hydrogen (secondary N) is 2. The summed E-state index contributed by atoms with van der Waals surface area (Å²) in [6.45, 7) is 0.331. The van der Waals surface area contributed by atoms with E-state index < -0.39 is 4.92 Å². The van der Waals surface area contributed by atoms with Crippen LogP contribution in [-0.4, -0.2) is 16.3 Å². The highest BCUT2D eigenvalue weighted by atomic mass is 32.1. The molecule has 0 aliphatic carbocycles. The van der Waals surface area contributed by atoms with Crippen molar-refractivity contribution in [1.29, 1.82) is 0 Å². The SMILES string of the molecule is NC(=S)N/N=C/c1ccc(NCc2ccc(F)cc2)c([N+](=O)[O-])c1. The zero-order valence-electron chi connectivity index (χ0n) is 12.4. The van der Waals surface area contributed by atoms with Gasteiger partial charge in [0, 0.05) is 18.2 Å². The molecule has 0 heterocycles. The molecule has 0 spiro atoms. The van der Waals surface area contributed by atoms with Gasteiger partial charge in [-0.1, -0.05) is 18.2 Å². The van der Waals surface area contributed by atoms with E-state index in [2.05, 4.69) is 28.1 Å². The molecule has 124 valence electrons. The number of hydrazone groups is 1. The van der Waals surface area contributed by atoms with Crippen LogP contribution in [0, 0.1) is 15.9 Å². The van der Waals surface area contributed by atoms with Crippen molar-refractivity contribution in [2.75, 3.05) is 5.32 Å². The molecule has 0 saturated carbocycles. The average molecular weight is 347 g/mol. The maximum atomic E-state index is 12.9. The van der Waals surface area contributed by atoms with Crippen LogP contribution in [0.2, 0.25) is 0 Å². The van der Waals surface area contributed by atoms with Crippen molar-refractivity contribution in [2.45, 2.75) is 6.54 Å². The van der Waals surface area contributed by atoms with Gasteiger partial charge in [-0.2, -0.15) is 5.10 Å². The summed E-state index contributed by atoms with van der Waals surface area (Å²) in [6.07, 6.45) is 1.37. The summed E-state index contributed by atoms with van der Waals surface area (Å²) >= 11 is 4.60. The number of anilines is 1. The van der Waals surface area contributed by atoms with Crippen LogP contribution in [0.25, 0.3) is 0 Å². The summed E-state index contributed by atoms with van der Waals surface area (Å²) in [4.78, 5) is 10.7. The lowest BCUT2D eigenvalue weighted by Crippen LogP contribution is -2.23. The standard InChI is InChI=1S/C15H14FN5O2S/c16-12-4-1-10(2-5-12)8-18-13-6-3-11(7-14(13)21(22)23)9-19-20-15(17)24/h1-7,9,18H,8H2,(H3,17,20,24)/b19-9+. The number of nitrogens with zero attached hydrogens (tertiary/aromatic N) is 2. The Labute approximate surface area is 142 Å². The van der Waals surface area contributed by atoms with Gasteiger partial charge in [0.25, 0.3) is 5.69 Å². The van der Waals surface area contributed by atoms with E-state index >= 15 is 0 Å². The van der Waals surface area contributed by atoms with E-state index in [0.717, 1.165) is 5.56 Å². The zero-order valence-corrected chi connectivity index (χ0v) is 13.2. The molecule has 24 heavy (non-hydrogen) atoms. The first-order chi connectivity index (χ1) is 11.5. The quantitative estimate of drug-likeness (QED) is 0.321. The fourth-order valence-corrected chi connectivity index (χ4v) is 1.95. The molecule has 4 N–H and O–H groups in total. The molecule has 0 aromatic heterocycles. The Hall–Kier alpha value is -3.07. The molecule has 0 atom stereocenters. The molecule has 2 aromatic carbocycles. The molecule has 2 rings (SSSR count). The molecule has 2 aromatic rings. The van der Waals surface area contributed by atoms with Crippen molar-refractivity contribution in [3.05, 3.63) is 69.5 Å². The van der Waals surface area contributed by atoms with Gasteiger partial charge in [0.1, 0.15) is 11.5 Å². The second-order valence-electron chi connectivity index (χ2n) is 4.75. The number of rotatable bonds is 6. The second kappa shape index (κ2) is 7.97. The first-order valence-electron chi connectivity index (χ1n) is 6.81. The highest BCUT2D eigenvalue weighted by Crippen LogP contribution is 2.25. The van der Waals surface area contributed by atoms with Crippen molar-refractivity contribution in [3.8, 4) is 0 Å². The Morgan fingerprint density at radius 2 is 2.04 bits per heavy atom. The monoisotopic (exact) mass is 347 g/mol. The van der Waals surface area contributed by atoms with Crippen LogP contribution in [0.3, 0.4) is 0 Å². The van der Waals surface area contributed by atoms with Crippen LogP contribution >= 0.6 is 12.2 Å². The van der Waals surface area contributed by atoms with Crippen LogP contribution in [0.1, 0.15) is 11.1 Å². The van der Waals surface area contributed by atoms with Crippen LogP contribution in [0.15, 0.2) is 47.6 Å². The lowest BCUT2D eigenvalue weighted by molar-refractivity contribution is -0.384. The van der Waals surface area contributed by atoms with E-state index in [-0.39, 0.29) is 16.6 Å². The number of benzene rings is 2. The lowest BCUT2D eigenvalue weighted by atomic mass is 10.1. The largest absolute Gasteiger partial charge is 0.375 e. The summed E-state index contributed by atoms with van der Waals surface area (Å²) in [7, 11) is 0. The van der Waals surface area contributed by atoms with E-state index in [1.807, 2.05) is 0 Å². The summed E-state index contributed by atoms with van der Waals surface area (Å²) in [5.74, 6) is -0.334. The number of halogens is 1. The van der Waals surface area contributed by atoms with Crippen LogP contribution < -0.4 is 16.5 Å². The van der Waals surface area contributed by atoms with Gasteiger partial charge in [-0.05, 0) is 36.0 Å². The molecule has 0 aliphatic rings. The van der Waals surface area contributed by atoms with Crippen molar-refractivity contribution in [2.24, 2.45) is 10.8 Å². The number of nitro groups is 1. The van der Waals surface area contributed by atoms with Gasteiger partial charge in [0.15, 0.2) is 5.11 Å². The van der Waals surface area contributed by atoms with E-state index in [9.17, 15) is 14.5 Å². The molecular weight excluding hydrogens is 333 g/mol. The van der Waals surface area contributed by atoms with Crippen molar-refractivity contribution >= 4 is 34.9 Å². The number of thiocarbonyl (C=S) groups is 1. The molecule has 7 nitrogen and oxygen atoms in total. The Kier molecular flexibility index (Phi) is 5.74. The van der Waals surface area contributed by atoms with Crippen LogP contribution in [-0.2, 0) is 6.54 Å². The van der Waals surface area contributed by atoms with Gasteiger partial charge in [-0.3, -0.25) is 15.5 Å². The summed E-state index contributed by atoms with van der Waals surface area (Å²) in [6, 6.07) is 10.5. The summed E-state index contributed by atoms with van der Waals surface area (Å²) in [5, 5.41) is 17.9. The summed E-state index contributed by atoms with van der Waals surface area (Å²) < 4.78 is 12.9. The minimum atomic E-state index is -0.495. The third-order valence-corrected chi connectivity index (χ3v) is 3.09. The second-order valence-corrected chi connectivity index (χ2v) is 5.19. The Balaban J connectivity index is 2.14. The highest BCUT2D eigenvalue weighted by Gasteiger charge is 2.14. The first-order valence-corrected chi connectivity index (χ1v) is 7.22. The molecule has 0 aliphatic heterocycles. The Bertz CT molecular complexity index is 780. The highest BCUT2D eigenvalue weighted by molar-refractivity contribution is 7.80. The smallest absolute Gasteiger partial charge is 0.292 e. The number of hydrogen-bond donors (Lipinski definition) is 3. The maximum Gasteiger partial charge on any atom is 0.292 e. The van der Waals surface area contributed by atoms with Crippen molar-refractivity contribution < 1.29 is 9.31 Å². The van der Waals surface area contributed by atoms with Gasteiger partial charge >= 0.3 is 0 Å². The zero-order chi connectivity index (χ0) is 17.5. The van der Waals surface area contributed by atoms with E-state index in [1.165, 1.54) is 24.4 Å². The summed E-state index contributed by atoms with van der Waals surface area (Å²) in [5.41, 5.74) is 9.16. The van der Waals surface area contributed by atoms with Gasteiger partial charge < -0.3 is 11.1 Å². The van der Waals surface area contributed by atoms with E-state index in [4.69, 9.17) is 5.73 Å². The van der Waals surface area contributed by atoms with Crippen molar-refractivity contribution in [3.63, 3.8) is 0 Å². The molecule has 0 bridgehead atoms. The number of nitrogens with two attached hydrogens (primary N) is 1. The van der Waals surface area contributed by atoms with Crippen LogP contribution in [0.5, 0.6) is 0 Å². The Morgan fingerprint density at radius 1 is 1.33 bits per heavy atom. The fraction of sp³-hybridized carbons (Fsp3) is 0.0667. The maximum absolute atomic E-state index is 12.9. The van der Waals surface area contributed by atoms with Crippen LogP contribution in [0.4, 0.5) is 15.8 Å². The molecule has 0 fully saturated rings. The fourth-order valence-electron chi connectivity index (χ4n) is 1.90. The topological polar surface area (TPSA) is 106 Å². The molecule has 0 radical (unpaired) electrons. The van der Waals surface area contributed by atoms with Gasteiger partial charge in [-0.25, -0.2) is 4.39 Å². The van der Waals surface area contributed by atoms with E-state index in [0.29, 0.717) is 17.8 Å². The lowest BCUT2D eigenvalue weighted by Gasteiger charge is -2.08. The normalized spacial score (nSPS) is 10.5. The number of hydrogen-bond acceptors (Lipinski definition) is 5. The first kappa shape index (κ1) is 17.3. The Morgan fingerprint density at radius 3 is 2.67 bits per heavy atom. The molecule has 0 amide bonds. The van der Waals surface area contributed by atoms with Gasteiger partial charge in [-0.15, -0.1) is 0 Å². The minimum absolute atomic E-state index is 0.00154. The van der Waals surface area contributed by atoms with Crippen molar-refractivity contribution in [1.82, 2.24) is 5.43 Å². The third kappa shape index (κ3) is 4.99. The van der Waals surface area contributed by atoms with Gasteiger partial charge in [0.05, 0.1) is 11.1 Å². The molecule has 9 heteroatoms. The third-order valence-electron chi connectivity index (χ3n) is 3.00. The minimum Gasteiger partial charge on any atom is -0.375 e. The predicted octanol–water partition coefficient (Wildman–Crippen LogP) is 2.51. The van der Waals surface area contributed by atoms with E-state index in [1.54, 1.807) is 24.3 Å². The molecule has 0 saturated heterocycles. The molecular formula is C15H14FN5O2S. The molecule has 0 unspecified atom stereocenters. The average Bonchev–Trinajstić information content (AvgIpc) is 2.54.